The number of hydrogen-bond acceptors (Lipinski definition) is 0. The van der Waals surface area contributed by atoms with E-state index in [9.17, 15) is 0 Å². The number of hydrogen-bond donors (Lipinski definition) is 0. The molecule has 0 saturated heterocycles. The molecule has 0 aliphatic carbocycles. The van der Waals surface area contributed by atoms with Gasteiger partial charge in [0.15, 0.2) is 0 Å². The molecule has 0 unspecified atom stereocenters. The summed E-state index contributed by atoms with van der Waals surface area (Å²) in [5, 5.41) is 0. The molecule has 44 valence electrons. The molecule has 0 N–H and O–H groups in total. The molecule has 0 aliphatic heterocycles. The van der Waals surface area contributed by atoms with E-state index >= 15 is 0 Å². The quantitative estimate of drug-likeness (QED) is 0.488. The second kappa shape index (κ2) is 4.82. The maximum atomic E-state index is 2.66. The van der Waals surface area contributed by atoms with E-state index in [2.05, 4.69) is 61.1 Å². The van der Waals surface area contributed by atoms with Crippen molar-refractivity contribution in [2.24, 2.45) is 0 Å². The summed E-state index contributed by atoms with van der Waals surface area (Å²) < 4.78 is 1.51. The molecular weight excluding hydrogens is 508 g/mol. The molecule has 0 aromatic rings. The zero-order chi connectivity index (χ0) is 5.91. The molecule has 0 atom stereocenters. The first-order valence-electron chi connectivity index (χ1n) is 2.13. The van der Waals surface area contributed by atoms with Crippen molar-refractivity contribution in [1.82, 2.24) is 0 Å². The average molecular weight is 515 g/mol. The van der Waals surface area contributed by atoms with Gasteiger partial charge in [-0.1, -0.05) is 0 Å². The monoisotopic (exact) mass is 514 g/mol. The summed E-state index contributed by atoms with van der Waals surface area (Å²) in [6.45, 7) is 2.27. The molecule has 0 fully saturated rings. The van der Waals surface area contributed by atoms with Gasteiger partial charge in [0.25, 0.3) is 0 Å². The van der Waals surface area contributed by atoms with E-state index in [1.54, 1.807) is 0 Å². The molecule has 7 heavy (non-hydrogen) atoms. The van der Waals surface area contributed by atoms with Crippen molar-refractivity contribution in [3.63, 3.8) is 0 Å². The third kappa shape index (κ3) is 9.07. The molecule has 0 saturated carbocycles. The maximum absolute atomic E-state index is 2.66. The van der Waals surface area contributed by atoms with E-state index in [-0.39, 0.29) is 0 Å². The minimum absolute atomic E-state index is 1.37. The van der Waals surface area contributed by atoms with E-state index in [0.717, 1.165) is 0 Å². The van der Waals surface area contributed by atoms with Gasteiger partial charge in [0.05, 0.1) is 0 Å². The van der Waals surface area contributed by atoms with Gasteiger partial charge in [-0.2, -0.15) is 0 Å². The van der Waals surface area contributed by atoms with E-state index in [4.69, 9.17) is 0 Å². The van der Waals surface area contributed by atoms with E-state index in [0.29, 0.717) is 0 Å². The Kier molecular flexibility index (Phi) is 6.94. The standard InChI is InChI=1S/C3H7.3HI.Zr/c1-3-2;;;;/h1,3H2,2H3;3*1H;/q;;;;+3/p-3. The molecule has 0 amide bonds. The summed E-state index contributed by atoms with van der Waals surface area (Å²) in [5.41, 5.74) is 0. The average Bonchev–Trinajstić information content (AvgIpc) is 1.30. The Labute approximate surface area is 77.0 Å². The summed E-state index contributed by atoms with van der Waals surface area (Å²) >= 11 is 7.98. The number of halogens is 3. The summed E-state index contributed by atoms with van der Waals surface area (Å²) in [6.07, 6.45) is 1.38. The Morgan fingerprint density at radius 1 is 1.29 bits per heavy atom. The van der Waals surface area contributed by atoms with Gasteiger partial charge in [-0.05, 0) is 0 Å². The molecule has 0 radical (unpaired) electrons. The van der Waals surface area contributed by atoms with Crippen LogP contribution >= 0.6 is 54.1 Å². The van der Waals surface area contributed by atoms with Crippen molar-refractivity contribution in [2.75, 3.05) is 0 Å². The molecule has 0 nitrogen and oxygen atoms in total. The van der Waals surface area contributed by atoms with Crippen LogP contribution in [0.25, 0.3) is 0 Å². The Morgan fingerprint density at radius 3 is 1.71 bits per heavy atom. The Morgan fingerprint density at radius 2 is 1.71 bits per heavy atom. The van der Waals surface area contributed by atoms with E-state index in [1.165, 1.54) is 10.5 Å². The van der Waals surface area contributed by atoms with Gasteiger partial charge in [-0.25, -0.2) is 0 Å². The van der Waals surface area contributed by atoms with Gasteiger partial charge >= 0.3 is 79.3 Å². The third-order valence-electron chi connectivity index (χ3n) is 0.533. The first kappa shape index (κ1) is 10.1. The van der Waals surface area contributed by atoms with Crippen molar-refractivity contribution in [3.05, 3.63) is 0 Å². The van der Waals surface area contributed by atoms with Gasteiger partial charge in [-0.15, -0.1) is 0 Å². The predicted octanol–water partition coefficient (Wildman–Crippen LogP) is 4.02. The topological polar surface area (TPSA) is 0 Å². The second-order valence-electron chi connectivity index (χ2n) is 1.37. The zero-order valence-corrected chi connectivity index (χ0v) is 13.0. The zero-order valence-electron chi connectivity index (χ0n) is 4.05. The molecule has 0 aliphatic rings. The van der Waals surface area contributed by atoms with Gasteiger partial charge in [-0.3, -0.25) is 0 Å². The predicted molar refractivity (Wildman–Crippen MR) is 57.2 cm³/mol. The Bertz CT molecular complexity index is 48.6. The van der Waals surface area contributed by atoms with E-state index < -0.39 is 7.70 Å². The normalized spacial score (nSPS) is 12.0. The van der Waals surface area contributed by atoms with Crippen molar-refractivity contribution in [3.8, 4) is 0 Å². The molecule has 0 aromatic carbocycles. The fourth-order valence-electron chi connectivity index (χ4n) is 0.283. The summed E-state index contributed by atoms with van der Waals surface area (Å²) in [6, 6.07) is 0. The molecule has 0 aromatic heterocycles. The van der Waals surface area contributed by atoms with Crippen LogP contribution in [0.4, 0.5) is 0 Å². The minimum atomic E-state index is -1.37. The second-order valence-corrected chi connectivity index (χ2v) is 74.9. The Hall–Kier alpha value is 3.07. The van der Waals surface area contributed by atoms with Crippen molar-refractivity contribution >= 4 is 54.1 Å². The van der Waals surface area contributed by atoms with Crippen LogP contribution in [0.5, 0.6) is 0 Å². The van der Waals surface area contributed by atoms with Crippen LogP contribution in [-0.4, -0.2) is 0 Å². The van der Waals surface area contributed by atoms with Gasteiger partial charge in [0.2, 0.25) is 0 Å². The fourth-order valence-corrected chi connectivity index (χ4v) is 11.2. The molecule has 0 heterocycles. The van der Waals surface area contributed by atoms with Crippen LogP contribution < -0.4 is 0 Å². The van der Waals surface area contributed by atoms with Crippen LogP contribution in [0.15, 0.2) is 0 Å². The van der Waals surface area contributed by atoms with Gasteiger partial charge in [0.1, 0.15) is 0 Å². The van der Waals surface area contributed by atoms with Crippen molar-refractivity contribution in [2.45, 2.75) is 17.5 Å². The molecule has 0 spiro atoms. The molecular formula is C3H7I3Zr. The molecule has 0 bridgehead atoms. The van der Waals surface area contributed by atoms with Crippen LogP contribution in [0.1, 0.15) is 13.3 Å². The van der Waals surface area contributed by atoms with Crippen molar-refractivity contribution < 1.29 is 7.70 Å². The third-order valence-corrected chi connectivity index (χ3v) is 12.7. The SMILES string of the molecule is CC[CH2][Zr]([I])([I])[I]. The first-order valence-corrected chi connectivity index (χ1v) is 25.8. The number of rotatable bonds is 2. The molecule has 0 rings (SSSR count). The Balaban J connectivity index is 3.15. The van der Waals surface area contributed by atoms with Crippen LogP contribution in [0.2, 0.25) is 4.13 Å². The van der Waals surface area contributed by atoms with Crippen molar-refractivity contribution in [1.29, 1.82) is 0 Å². The van der Waals surface area contributed by atoms with Gasteiger partial charge < -0.3 is 0 Å². The van der Waals surface area contributed by atoms with E-state index in [1.807, 2.05) is 0 Å². The van der Waals surface area contributed by atoms with Crippen LogP contribution in [-0.2, 0) is 7.70 Å². The summed E-state index contributed by atoms with van der Waals surface area (Å²) in [4.78, 5) is 0. The van der Waals surface area contributed by atoms with Gasteiger partial charge in [0, 0.05) is 0 Å². The fraction of sp³-hybridized carbons (Fsp3) is 1.00. The summed E-state index contributed by atoms with van der Waals surface area (Å²) in [7, 11) is -1.37. The molecule has 4 heteroatoms. The van der Waals surface area contributed by atoms with Crippen LogP contribution in [0.3, 0.4) is 0 Å². The van der Waals surface area contributed by atoms with Crippen LogP contribution in [0, 0.1) is 0 Å². The summed E-state index contributed by atoms with van der Waals surface area (Å²) in [5.74, 6) is 0. The first-order chi connectivity index (χ1) is 3.06.